The predicted octanol–water partition coefficient (Wildman–Crippen LogP) is 4.07. The minimum atomic E-state index is -1.64. The van der Waals surface area contributed by atoms with E-state index >= 15 is 0 Å². The van der Waals surface area contributed by atoms with Gasteiger partial charge in [-0.05, 0) is 60.6 Å². The van der Waals surface area contributed by atoms with E-state index in [-0.39, 0.29) is 18.8 Å². The lowest BCUT2D eigenvalue weighted by Crippen LogP contribution is -2.43. The molecule has 24 heavy (non-hydrogen) atoms. The van der Waals surface area contributed by atoms with Gasteiger partial charge in [0.1, 0.15) is 17.0 Å². The molecule has 0 aliphatic heterocycles. The first kappa shape index (κ1) is 20.8. The number of hydrogen-bond acceptors (Lipinski definition) is 4. The molecule has 1 amide bonds. The van der Waals surface area contributed by atoms with Gasteiger partial charge in [-0.25, -0.2) is 4.79 Å². The molecule has 136 valence electrons. The highest BCUT2D eigenvalue weighted by Crippen LogP contribution is 2.20. The summed E-state index contributed by atoms with van der Waals surface area (Å²) in [5.74, 6) is 0. The van der Waals surface area contributed by atoms with E-state index in [9.17, 15) is 9.35 Å². The van der Waals surface area contributed by atoms with Crippen LogP contribution < -0.4 is 0 Å². The van der Waals surface area contributed by atoms with E-state index in [4.69, 9.17) is 9.47 Å². The van der Waals surface area contributed by atoms with Crippen LogP contribution in [0, 0.1) is 6.92 Å². The van der Waals surface area contributed by atoms with Crippen LogP contribution in [0.5, 0.6) is 0 Å². The lowest BCUT2D eigenvalue weighted by molar-refractivity contribution is -0.0115. The Morgan fingerprint density at radius 2 is 1.62 bits per heavy atom. The number of carbonyl (C=O) groups is 1. The number of nitrogens with zero attached hydrogens (tertiary/aromatic N) is 1. The van der Waals surface area contributed by atoms with E-state index < -0.39 is 23.1 Å². The van der Waals surface area contributed by atoms with E-state index in [0.717, 1.165) is 5.56 Å². The van der Waals surface area contributed by atoms with Crippen LogP contribution in [0.2, 0.25) is 0 Å². The molecule has 1 atom stereocenters. The van der Waals surface area contributed by atoms with Crippen molar-refractivity contribution in [2.45, 2.75) is 64.6 Å². The van der Waals surface area contributed by atoms with E-state index in [2.05, 4.69) is 0 Å². The third kappa shape index (κ3) is 7.55. The van der Waals surface area contributed by atoms with Gasteiger partial charge in [0.25, 0.3) is 0 Å². The van der Waals surface area contributed by atoms with E-state index in [1.807, 2.05) is 39.8 Å². The zero-order valence-electron chi connectivity index (χ0n) is 15.7. The highest BCUT2D eigenvalue weighted by molar-refractivity contribution is 7.89. The summed E-state index contributed by atoms with van der Waals surface area (Å²) in [7, 11) is 0. The van der Waals surface area contributed by atoms with Crippen molar-refractivity contribution in [3.63, 3.8) is 0 Å². The Morgan fingerprint density at radius 1 is 1.08 bits per heavy atom. The highest BCUT2D eigenvalue weighted by Gasteiger charge is 2.32. The number of ether oxygens (including phenoxy) is 2. The molecule has 1 unspecified atom stereocenters. The summed E-state index contributed by atoms with van der Waals surface area (Å²) in [6.45, 7) is 13.6. The highest BCUT2D eigenvalue weighted by atomic mass is 32.2. The molecule has 5 nitrogen and oxygen atoms in total. The van der Waals surface area contributed by atoms with Gasteiger partial charge < -0.3 is 14.0 Å². The second-order valence-electron chi connectivity index (χ2n) is 7.61. The van der Waals surface area contributed by atoms with Crippen LogP contribution in [0.3, 0.4) is 0 Å². The third-order valence-corrected chi connectivity index (χ3v) is 4.26. The average molecular weight is 356 g/mol. The number of benzene rings is 1. The second-order valence-corrected chi connectivity index (χ2v) is 9.02. The Labute approximate surface area is 148 Å². The van der Waals surface area contributed by atoms with Crippen LogP contribution in [-0.2, 0) is 20.8 Å². The van der Waals surface area contributed by atoms with Gasteiger partial charge >= 0.3 is 6.09 Å². The van der Waals surface area contributed by atoms with Crippen LogP contribution >= 0.6 is 0 Å². The Bertz CT molecular complexity index is 531. The van der Waals surface area contributed by atoms with Gasteiger partial charge in [0.2, 0.25) is 0 Å². The molecule has 0 fully saturated rings. The minimum absolute atomic E-state index is 0.187. The Morgan fingerprint density at radius 3 is 2.08 bits per heavy atom. The van der Waals surface area contributed by atoms with Crippen LogP contribution in [0.25, 0.3) is 0 Å². The van der Waals surface area contributed by atoms with E-state index in [1.54, 1.807) is 32.9 Å². The van der Waals surface area contributed by atoms with Crippen LogP contribution in [0.15, 0.2) is 29.2 Å². The lowest BCUT2D eigenvalue weighted by Gasteiger charge is -2.28. The van der Waals surface area contributed by atoms with Crippen molar-refractivity contribution >= 4 is 17.5 Å². The molecule has 0 spiro atoms. The SMILES string of the molecule is Cc1ccc([S+]([O-])N(CCOC(C)(C)C)C(=O)OC(C)(C)C)cc1. The maximum atomic E-state index is 12.8. The summed E-state index contributed by atoms with van der Waals surface area (Å²) in [6.07, 6.45) is -0.612. The fourth-order valence-electron chi connectivity index (χ4n) is 1.77. The molecule has 0 aliphatic carbocycles. The summed E-state index contributed by atoms with van der Waals surface area (Å²) in [4.78, 5) is 13.0. The maximum Gasteiger partial charge on any atom is 0.452 e. The minimum Gasteiger partial charge on any atom is -0.588 e. The number of hydrogen-bond donors (Lipinski definition) is 0. The molecular formula is C18H29NO4S. The van der Waals surface area contributed by atoms with Crippen molar-refractivity contribution in [3.8, 4) is 0 Å². The quantitative estimate of drug-likeness (QED) is 0.747. The summed E-state index contributed by atoms with van der Waals surface area (Å²) in [5.41, 5.74) is 0.0819. The van der Waals surface area contributed by atoms with E-state index in [0.29, 0.717) is 4.90 Å². The van der Waals surface area contributed by atoms with Crippen molar-refractivity contribution in [2.75, 3.05) is 13.2 Å². The molecule has 0 saturated heterocycles. The average Bonchev–Trinajstić information content (AvgIpc) is 2.40. The first-order chi connectivity index (χ1) is 10.9. The zero-order chi connectivity index (χ0) is 18.5. The number of amides is 1. The normalized spacial score (nSPS) is 13.5. The number of carbonyl (C=O) groups excluding carboxylic acids is 1. The van der Waals surface area contributed by atoms with Crippen LogP contribution in [-0.4, -0.2) is 39.3 Å². The largest absolute Gasteiger partial charge is 0.588 e. The van der Waals surface area contributed by atoms with Crippen molar-refractivity contribution in [3.05, 3.63) is 29.8 Å². The van der Waals surface area contributed by atoms with Gasteiger partial charge in [0.05, 0.1) is 18.8 Å². The molecule has 0 radical (unpaired) electrons. The smallest absolute Gasteiger partial charge is 0.452 e. The number of aryl methyl sites for hydroxylation is 1. The van der Waals surface area contributed by atoms with Gasteiger partial charge in [-0.2, -0.15) is 0 Å². The number of rotatable bonds is 5. The summed E-state index contributed by atoms with van der Waals surface area (Å²) < 4.78 is 25.1. The zero-order valence-corrected chi connectivity index (χ0v) is 16.5. The summed E-state index contributed by atoms with van der Waals surface area (Å²) in [6, 6.07) is 7.25. The van der Waals surface area contributed by atoms with Crippen molar-refractivity contribution in [1.29, 1.82) is 0 Å². The molecule has 0 aromatic heterocycles. The fraction of sp³-hybridized carbons (Fsp3) is 0.611. The van der Waals surface area contributed by atoms with Gasteiger partial charge in [0.15, 0.2) is 4.90 Å². The van der Waals surface area contributed by atoms with Crippen molar-refractivity contribution in [2.24, 2.45) is 0 Å². The fourth-order valence-corrected chi connectivity index (χ4v) is 2.81. The third-order valence-electron chi connectivity index (χ3n) is 2.85. The van der Waals surface area contributed by atoms with Crippen LogP contribution in [0.1, 0.15) is 47.1 Å². The predicted molar refractivity (Wildman–Crippen MR) is 96.2 cm³/mol. The van der Waals surface area contributed by atoms with Crippen molar-refractivity contribution in [1.82, 2.24) is 4.31 Å². The standard InChI is InChI=1S/C18H29NO4S/c1-14-8-10-15(11-9-14)24(21)19(12-13-22-17(2,3)4)16(20)23-18(5,6)7/h8-11H,12-13H2,1-7H3. The molecule has 0 bridgehead atoms. The molecular weight excluding hydrogens is 326 g/mol. The molecule has 0 saturated carbocycles. The molecule has 1 aromatic rings. The second kappa shape index (κ2) is 8.23. The van der Waals surface area contributed by atoms with Crippen molar-refractivity contribution < 1.29 is 18.8 Å². The molecule has 1 aromatic carbocycles. The topological polar surface area (TPSA) is 61.8 Å². The van der Waals surface area contributed by atoms with Gasteiger partial charge in [-0.15, -0.1) is 4.31 Å². The van der Waals surface area contributed by atoms with E-state index in [1.165, 1.54) is 4.31 Å². The Kier molecular flexibility index (Phi) is 7.13. The summed E-state index contributed by atoms with van der Waals surface area (Å²) >= 11 is -1.64. The monoisotopic (exact) mass is 355 g/mol. The van der Waals surface area contributed by atoms with Crippen LogP contribution in [0.4, 0.5) is 4.79 Å². The molecule has 0 N–H and O–H groups in total. The first-order valence-electron chi connectivity index (χ1n) is 8.02. The first-order valence-corrected chi connectivity index (χ1v) is 9.13. The van der Waals surface area contributed by atoms with Gasteiger partial charge in [-0.1, -0.05) is 17.7 Å². The van der Waals surface area contributed by atoms with Gasteiger partial charge in [0, 0.05) is 0 Å². The molecule has 6 heteroatoms. The molecule has 0 aliphatic rings. The molecule has 0 heterocycles. The Hall–Kier alpha value is -1.24. The maximum absolute atomic E-state index is 12.8. The van der Waals surface area contributed by atoms with Gasteiger partial charge in [-0.3, -0.25) is 0 Å². The summed E-state index contributed by atoms with van der Waals surface area (Å²) in [5, 5.41) is 0. The molecule has 1 rings (SSSR count). The Balaban J connectivity index is 2.90. The lowest BCUT2D eigenvalue weighted by atomic mass is 10.2.